The minimum Gasteiger partial charge on any atom is -0.387 e. The summed E-state index contributed by atoms with van der Waals surface area (Å²) in [6.45, 7) is 5.47. The zero-order chi connectivity index (χ0) is 17.6. The number of rotatable bonds is 2. The monoisotopic (exact) mass is 340 g/mol. The van der Waals surface area contributed by atoms with E-state index in [4.69, 9.17) is 0 Å². The molecule has 0 spiro atoms. The molecule has 1 amide bonds. The SMILES string of the molecule is Cc1cnc2c(C(=O)N3CCCn4nc([C@@H](C)O)cc4C3)cnn2c1. The summed E-state index contributed by atoms with van der Waals surface area (Å²) in [5.41, 5.74) is 3.63. The standard InChI is InChI=1S/C17H20N6O2/c1-11-7-18-16-14(8-19-23(16)9-11)17(25)21-4-3-5-22-13(10-21)6-15(20-22)12(2)24/h6-9,12,24H,3-5,10H2,1-2H3/t12-/m1/s1. The van der Waals surface area contributed by atoms with Crippen LogP contribution in [0.4, 0.5) is 0 Å². The third kappa shape index (κ3) is 2.78. The van der Waals surface area contributed by atoms with Gasteiger partial charge in [-0.15, -0.1) is 0 Å². The molecule has 1 N–H and O–H groups in total. The van der Waals surface area contributed by atoms with Crippen LogP contribution in [0, 0.1) is 6.92 Å². The van der Waals surface area contributed by atoms with E-state index in [-0.39, 0.29) is 5.91 Å². The number of aliphatic hydroxyl groups excluding tert-OH is 1. The first-order chi connectivity index (χ1) is 12.0. The second-order valence-corrected chi connectivity index (χ2v) is 6.50. The van der Waals surface area contributed by atoms with Crippen molar-refractivity contribution in [2.24, 2.45) is 0 Å². The Balaban J connectivity index is 1.64. The molecule has 1 aliphatic rings. The molecular weight excluding hydrogens is 320 g/mol. The quantitative estimate of drug-likeness (QED) is 0.760. The molecule has 8 heteroatoms. The summed E-state index contributed by atoms with van der Waals surface area (Å²) in [6.07, 6.45) is 5.36. The van der Waals surface area contributed by atoms with Crippen LogP contribution < -0.4 is 0 Å². The summed E-state index contributed by atoms with van der Waals surface area (Å²) in [6, 6.07) is 1.87. The third-order valence-electron chi connectivity index (χ3n) is 4.46. The zero-order valence-electron chi connectivity index (χ0n) is 14.3. The Labute approximate surface area is 144 Å². The van der Waals surface area contributed by atoms with Crippen LogP contribution in [-0.4, -0.2) is 46.8 Å². The van der Waals surface area contributed by atoms with Crippen molar-refractivity contribution in [1.29, 1.82) is 0 Å². The molecule has 1 atom stereocenters. The van der Waals surface area contributed by atoms with E-state index in [1.54, 1.807) is 28.7 Å². The van der Waals surface area contributed by atoms with E-state index in [2.05, 4.69) is 15.2 Å². The predicted molar refractivity (Wildman–Crippen MR) is 89.9 cm³/mol. The molecule has 0 saturated carbocycles. The summed E-state index contributed by atoms with van der Waals surface area (Å²) in [4.78, 5) is 19.2. The minimum atomic E-state index is -0.615. The Morgan fingerprint density at radius 1 is 1.32 bits per heavy atom. The number of aromatic nitrogens is 5. The highest BCUT2D eigenvalue weighted by molar-refractivity contribution is 5.99. The Morgan fingerprint density at radius 2 is 2.16 bits per heavy atom. The fourth-order valence-electron chi connectivity index (χ4n) is 3.15. The smallest absolute Gasteiger partial charge is 0.259 e. The van der Waals surface area contributed by atoms with E-state index in [1.807, 2.05) is 23.9 Å². The van der Waals surface area contributed by atoms with Gasteiger partial charge in [0, 0.05) is 25.5 Å². The molecule has 0 bridgehead atoms. The topological polar surface area (TPSA) is 88.5 Å². The van der Waals surface area contributed by atoms with Crippen LogP contribution in [0.2, 0.25) is 0 Å². The summed E-state index contributed by atoms with van der Waals surface area (Å²) in [5.74, 6) is -0.0837. The normalized spacial score (nSPS) is 15.9. The average Bonchev–Trinajstić information content (AvgIpc) is 3.12. The van der Waals surface area contributed by atoms with Gasteiger partial charge >= 0.3 is 0 Å². The fourth-order valence-corrected chi connectivity index (χ4v) is 3.15. The Hall–Kier alpha value is -2.74. The van der Waals surface area contributed by atoms with Gasteiger partial charge < -0.3 is 10.0 Å². The van der Waals surface area contributed by atoms with Crippen LogP contribution in [0.15, 0.2) is 24.7 Å². The molecule has 8 nitrogen and oxygen atoms in total. The number of hydrogen-bond acceptors (Lipinski definition) is 5. The van der Waals surface area contributed by atoms with Crippen LogP contribution in [0.5, 0.6) is 0 Å². The van der Waals surface area contributed by atoms with Gasteiger partial charge in [-0.25, -0.2) is 9.50 Å². The van der Waals surface area contributed by atoms with Crippen LogP contribution in [-0.2, 0) is 13.1 Å². The van der Waals surface area contributed by atoms with Gasteiger partial charge in [0.05, 0.1) is 30.2 Å². The first-order valence-electron chi connectivity index (χ1n) is 8.37. The van der Waals surface area contributed by atoms with E-state index >= 15 is 0 Å². The van der Waals surface area contributed by atoms with Crippen molar-refractivity contribution < 1.29 is 9.90 Å². The number of fused-ring (bicyclic) bond motifs is 2. The number of aliphatic hydroxyl groups is 1. The maximum atomic E-state index is 13.0. The van der Waals surface area contributed by atoms with E-state index < -0.39 is 6.10 Å². The second-order valence-electron chi connectivity index (χ2n) is 6.50. The highest BCUT2D eigenvalue weighted by Gasteiger charge is 2.25. The summed E-state index contributed by atoms with van der Waals surface area (Å²) in [7, 11) is 0. The van der Waals surface area contributed by atoms with Crippen molar-refractivity contribution in [2.75, 3.05) is 6.54 Å². The van der Waals surface area contributed by atoms with E-state index in [9.17, 15) is 9.90 Å². The zero-order valence-corrected chi connectivity index (χ0v) is 14.3. The fraction of sp³-hybridized carbons (Fsp3) is 0.412. The van der Waals surface area contributed by atoms with Crippen molar-refractivity contribution in [3.8, 4) is 0 Å². The van der Waals surface area contributed by atoms with Crippen LogP contribution >= 0.6 is 0 Å². The lowest BCUT2D eigenvalue weighted by atomic mass is 10.2. The number of carbonyl (C=O) groups is 1. The van der Waals surface area contributed by atoms with Gasteiger partial charge in [0.15, 0.2) is 5.65 Å². The Morgan fingerprint density at radius 3 is 2.96 bits per heavy atom. The predicted octanol–water partition coefficient (Wildman–Crippen LogP) is 1.33. The molecular formula is C17H20N6O2. The second kappa shape index (κ2) is 5.96. The number of nitrogens with zero attached hydrogens (tertiary/aromatic N) is 6. The minimum absolute atomic E-state index is 0.0837. The van der Waals surface area contributed by atoms with Crippen LogP contribution in [0.25, 0.3) is 5.65 Å². The number of amides is 1. The number of carbonyl (C=O) groups excluding carboxylic acids is 1. The number of hydrogen-bond donors (Lipinski definition) is 1. The van der Waals surface area contributed by atoms with Gasteiger partial charge in [0.2, 0.25) is 0 Å². The van der Waals surface area contributed by atoms with Gasteiger partial charge in [-0.1, -0.05) is 0 Å². The molecule has 4 rings (SSSR count). The first kappa shape index (κ1) is 15.8. The van der Waals surface area contributed by atoms with Crippen molar-refractivity contribution >= 4 is 11.6 Å². The lowest BCUT2D eigenvalue weighted by molar-refractivity contribution is 0.0747. The maximum absolute atomic E-state index is 13.0. The van der Waals surface area contributed by atoms with E-state index in [0.29, 0.717) is 30.0 Å². The summed E-state index contributed by atoms with van der Waals surface area (Å²) >= 11 is 0. The van der Waals surface area contributed by atoms with Crippen LogP contribution in [0.1, 0.15) is 46.8 Å². The van der Waals surface area contributed by atoms with Gasteiger partial charge in [-0.3, -0.25) is 9.48 Å². The number of aryl methyl sites for hydroxylation is 2. The molecule has 0 radical (unpaired) electrons. The van der Waals surface area contributed by atoms with Crippen LogP contribution in [0.3, 0.4) is 0 Å². The van der Waals surface area contributed by atoms with E-state index in [1.165, 1.54) is 0 Å². The van der Waals surface area contributed by atoms with Gasteiger partial charge in [0.1, 0.15) is 5.56 Å². The Bertz CT molecular complexity index is 942. The van der Waals surface area contributed by atoms with Crippen molar-refractivity contribution in [3.05, 3.63) is 47.2 Å². The van der Waals surface area contributed by atoms with Crippen molar-refractivity contribution in [2.45, 2.75) is 39.5 Å². The molecule has 0 aromatic carbocycles. The molecule has 0 saturated heterocycles. The summed E-state index contributed by atoms with van der Waals surface area (Å²) in [5, 5.41) is 18.4. The Kier molecular flexibility index (Phi) is 3.76. The molecule has 130 valence electrons. The van der Waals surface area contributed by atoms with Gasteiger partial charge in [0.25, 0.3) is 5.91 Å². The first-order valence-corrected chi connectivity index (χ1v) is 8.37. The molecule has 0 fully saturated rings. The molecule has 25 heavy (non-hydrogen) atoms. The lowest BCUT2D eigenvalue weighted by Crippen LogP contribution is -2.30. The molecule has 3 aromatic heterocycles. The largest absolute Gasteiger partial charge is 0.387 e. The lowest BCUT2D eigenvalue weighted by Gasteiger charge is -2.19. The molecule has 0 aliphatic carbocycles. The summed E-state index contributed by atoms with van der Waals surface area (Å²) < 4.78 is 3.52. The highest BCUT2D eigenvalue weighted by Crippen LogP contribution is 2.20. The van der Waals surface area contributed by atoms with Crippen molar-refractivity contribution in [3.63, 3.8) is 0 Å². The van der Waals surface area contributed by atoms with Crippen molar-refractivity contribution in [1.82, 2.24) is 29.3 Å². The molecule has 4 heterocycles. The average molecular weight is 340 g/mol. The molecule has 0 unspecified atom stereocenters. The van der Waals surface area contributed by atoms with E-state index in [0.717, 1.165) is 24.2 Å². The molecule has 1 aliphatic heterocycles. The van der Waals surface area contributed by atoms with Gasteiger partial charge in [-0.05, 0) is 31.9 Å². The third-order valence-corrected chi connectivity index (χ3v) is 4.46. The highest BCUT2D eigenvalue weighted by atomic mass is 16.3. The van der Waals surface area contributed by atoms with Gasteiger partial charge in [-0.2, -0.15) is 10.2 Å². The maximum Gasteiger partial charge on any atom is 0.259 e. The molecule has 3 aromatic rings.